The summed E-state index contributed by atoms with van der Waals surface area (Å²) in [5, 5.41) is 9.27. The number of hydrogen-bond donors (Lipinski definition) is 1. The summed E-state index contributed by atoms with van der Waals surface area (Å²) in [7, 11) is 4.56. The van der Waals surface area contributed by atoms with Gasteiger partial charge in [0.1, 0.15) is 0 Å². The minimum Gasteiger partial charge on any atom is -0.493 e. The zero-order valence-electron chi connectivity index (χ0n) is 12.2. The van der Waals surface area contributed by atoms with E-state index in [-0.39, 0.29) is 0 Å². The van der Waals surface area contributed by atoms with Crippen molar-refractivity contribution in [3.05, 3.63) is 16.1 Å². The first-order chi connectivity index (χ1) is 9.28. The molecule has 5 nitrogen and oxygen atoms in total. The van der Waals surface area contributed by atoms with E-state index in [1.165, 1.54) is 21.3 Å². The molecule has 0 saturated carbocycles. The second kappa shape index (κ2) is 6.35. The molecule has 0 spiro atoms. The smallest absolute Gasteiger partial charge is 0.309 e. The van der Waals surface area contributed by atoms with Gasteiger partial charge in [-0.2, -0.15) is 0 Å². The van der Waals surface area contributed by atoms with E-state index in [4.69, 9.17) is 14.2 Å². The molecule has 0 aliphatic rings. The minimum absolute atomic E-state index is 0.298. The molecule has 1 aromatic rings. The van der Waals surface area contributed by atoms with Gasteiger partial charge in [-0.05, 0) is 26.3 Å². The molecule has 6 heteroatoms. The molecule has 0 aliphatic carbocycles. The van der Waals surface area contributed by atoms with Crippen molar-refractivity contribution in [2.24, 2.45) is 5.41 Å². The van der Waals surface area contributed by atoms with E-state index < -0.39 is 11.4 Å². The Hall–Kier alpha value is -1.43. The van der Waals surface area contributed by atoms with Gasteiger partial charge in [-0.1, -0.05) is 15.9 Å². The highest BCUT2D eigenvalue weighted by atomic mass is 79.9. The molecule has 0 atom stereocenters. The molecule has 1 N–H and O–H groups in total. The van der Waals surface area contributed by atoms with E-state index in [0.29, 0.717) is 23.7 Å². The van der Waals surface area contributed by atoms with E-state index in [1.54, 1.807) is 19.9 Å². The quantitative estimate of drug-likeness (QED) is 0.857. The average Bonchev–Trinajstić information content (AvgIpc) is 2.39. The second-order valence-electron chi connectivity index (χ2n) is 4.97. The van der Waals surface area contributed by atoms with E-state index >= 15 is 0 Å². The van der Waals surface area contributed by atoms with E-state index in [9.17, 15) is 9.90 Å². The standard InChI is InChI=1S/C14H19BrO5/c1-14(2,13(16)17)7-8-9(15)6-10(18-3)12(20-5)11(8)19-4/h6H,7H2,1-5H3,(H,16,17). The molecular weight excluding hydrogens is 328 g/mol. The number of methoxy groups -OCH3 is 3. The molecule has 1 rings (SSSR count). The van der Waals surface area contributed by atoms with Crippen LogP contribution in [-0.4, -0.2) is 32.4 Å². The van der Waals surface area contributed by atoms with Gasteiger partial charge in [-0.3, -0.25) is 4.79 Å². The molecule has 0 unspecified atom stereocenters. The van der Waals surface area contributed by atoms with E-state index in [0.717, 1.165) is 10.0 Å². The van der Waals surface area contributed by atoms with Crippen molar-refractivity contribution in [3.63, 3.8) is 0 Å². The first kappa shape index (κ1) is 16.6. The number of rotatable bonds is 6. The Balaban J connectivity index is 3.43. The largest absolute Gasteiger partial charge is 0.493 e. The maximum Gasteiger partial charge on any atom is 0.309 e. The van der Waals surface area contributed by atoms with Crippen LogP contribution in [0.2, 0.25) is 0 Å². The topological polar surface area (TPSA) is 65.0 Å². The van der Waals surface area contributed by atoms with Gasteiger partial charge in [0.05, 0.1) is 26.7 Å². The van der Waals surface area contributed by atoms with Crippen LogP contribution in [0, 0.1) is 5.41 Å². The normalized spacial score (nSPS) is 11.1. The van der Waals surface area contributed by atoms with Crippen LogP contribution >= 0.6 is 15.9 Å². The number of ether oxygens (including phenoxy) is 3. The van der Waals surface area contributed by atoms with Crippen molar-refractivity contribution < 1.29 is 24.1 Å². The van der Waals surface area contributed by atoms with Gasteiger partial charge < -0.3 is 19.3 Å². The van der Waals surface area contributed by atoms with Crippen molar-refractivity contribution in [1.29, 1.82) is 0 Å². The molecular formula is C14H19BrO5. The Bertz CT molecular complexity index is 511. The molecule has 0 saturated heterocycles. The van der Waals surface area contributed by atoms with Crippen molar-refractivity contribution in [3.8, 4) is 17.2 Å². The van der Waals surface area contributed by atoms with Crippen molar-refractivity contribution in [2.75, 3.05) is 21.3 Å². The zero-order chi connectivity index (χ0) is 15.5. The lowest BCUT2D eigenvalue weighted by atomic mass is 9.85. The van der Waals surface area contributed by atoms with Crippen LogP contribution in [0.1, 0.15) is 19.4 Å². The molecule has 0 bridgehead atoms. The van der Waals surface area contributed by atoms with Gasteiger partial charge in [0.25, 0.3) is 0 Å². The van der Waals surface area contributed by atoms with Gasteiger partial charge in [-0.15, -0.1) is 0 Å². The molecule has 0 aliphatic heterocycles. The number of carboxylic acids is 1. The highest BCUT2D eigenvalue weighted by molar-refractivity contribution is 9.10. The lowest BCUT2D eigenvalue weighted by Gasteiger charge is -2.23. The number of carbonyl (C=O) groups is 1. The monoisotopic (exact) mass is 346 g/mol. The van der Waals surface area contributed by atoms with Gasteiger partial charge in [0.2, 0.25) is 5.75 Å². The van der Waals surface area contributed by atoms with Crippen LogP contribution in [0.4, 0.5) is 0 Å². The molecule has 20 heavy (non-hydrogen) atoms. The molecule has 112 valence electrons. The van der Waals surface area contributed by atoms with Crippen LogP contribution in [0.25, 0.3) is 0 Å². The minimum atomic E-state index is -0.921. The maximum absolute atomic E-state index is 11.3. The summed E-state index contributed by atoms with van der Waals surface area (Å²) in [5.74, 6) is 0.580. The average molecular weight is 347 g/mol. The summed E-state index contributed by atoms with van der Waals surface area (Å²) in [6.07, 6.45) is 0.298. The third-order valence-electron chi connectivity index (χ3n) is 3.08. The van der Waals surface area contributed by atoms with Crippen LogP contribution in [-0.2, 0) is 11.2 Å². The van der Waals surface area contributed by atoms with Crippen LogP contribution in [0.5, 0.6) is 17.2 Å². The summed E-state index contributed by atoms with van der Waals surface area (Å²) in [4.78, 5) is 11.3. The molecule has 1 aromatic carbocycles. The summed E-state index contributed by atoms with van der Waals surface area (Å²) in [6.45, 7) is 3.33. The molecule has 0 radical (unpaired) electrons. The summed E-state index contributed by atoms with van der Waals surface area (Å²) < 4.78 is 16.7. The summed E-state index contributed by atoms with van der Waals surface area (Å²) >= 11 is 3.44. The zero-order valence-corrected chi connectivity index (χ0v) is 13.8. The van der Waals surface area contributed by atoms with Crippen LogP contribution in [0.3, 0.4) is 0 Å². The van der Waals surface area contributed by atoms with Gasteiger partial charge >= 0.3 is 5.97 Å². The Kier molecular flexibility index (Phi) is 5.28. The van der Waals surface area contributed by atoms with Gasteiger partial charge in [-0.25, -0.2) is 0 Å². The highest BCUT2D eigenvalue weighted by Crippen LogP contribution is 2.45. The fourth-order valence-electron chi connectivity index (χ4n) is 1.87. The first-order valence-corrected chi connectivity index (χ1v) is 6.78. The number of carboxylic acid groups (broad SMARTS) is 1. The van der Waals surface area contributed by atoms with E-state index in [2.05, 4.69) is 15.9 Å². The Morgan fingerprint density at radius 2 is 1.75 bits per heavy atom. The number of aliphatic carboxylic acids is 1. The molecule has 0 aromatic heterocycles. The van der Waals surface area contributed by atoms with Gasteiger partial charge in [0.15, 0.2) is 11.5 Å². The Morgan fingerprint density at radius 3 is 2.15 bits per heavy atom. The van der Waals surface area contributed by atoms with E-state index in [1.807, 2.05) is 0 Å². The fourth-order valence-corrected chi connectivity index (χ4v) is 2.40. The Morgan fingerprint density at radius 1 is 1.20 bits per heavy atom. The predicted octanol–water partition coefficient (Wildman–Crippen LogP) is 3.13. The fraction of sp³-hybridized carbons (Fsp3) is 0.500. The molecule has 0 fully saturated rings. The summed E-state index contributed by atoms with van der Waals surface area (Å²) in [6, 6.07) is 1.74. The highest BCUT2D eigenvalue weighted by Gasteiger charge is 2.31. The van der Waals surface area contributed by atoms with Crippen molar-refractivity contribution in [2.45, 2.75) is 20.3 Å². The lowest BCUT2D eigenvalue weighted by molar-refractivity contribution is -0.146. The number of hydrogen-bond acceptors (Lipinski definition) is 4. The number of halogens is 1. The van der Waals surface area contributed by atoms with Crippen molar-refractivity contribution in [1.82, 2.24) is 0 Å². The lowest BCUT2D eigenvalue weighted by Crippen LogP contribution is -2.26. The third kappa shape index (κ3) is 3.17. The SMILES string of the molecule is COc1cc(Br)c(CC(C)(C)C(=O)O)c(OC)c1OC. The van der Waals surface area contributed by atoms with Crippen molar-refractivity contribution >= 4 is 21.9 Å². The Labute approximate surface area is 127 Å². The number of benzene rings is 1. The maximum atomic E-state index is 11.3. The molecule has 0 amide bonds. The second-order valence-corrected chi connectivity index (χ2v) is 5.83. The predicted molar refractivity (Wildman–Crippen MR) is 78.9 cm³/mol. The van der Waals surface area contributed by atoms with Gasteiger partial charge in [0, 0.05) is 10.0 Å². The van der Waals surface area contributed by atoms with Crippen LogP contribution < -0.4 is 14.2 Å². The summed E-state index contributed by atoms with van der Waals surface area (Å²) in [5.41, 5.74) is -0.187. The molecule has 0 heterocycles. The van der Waals surface area contributed by atoms with Crippen LogP contribution in [0.15, 0.2) is 10.5 Å². The first-order valence-electron chi connectivity index (χ1n) is 5.99. The third-order valence-corrected chi connectivity index (χ3v) is 3.78.